The first kappa shape index (κ1) is 17.9. The molecule has 0 saturated heterocycles. The molecule has 5 nitrogen and oxygen atoms in total. The molecule has 28 heavy (non-hydrogen) atoms. The average Bonchev–Trinajstić information content (AvgIpc) is 3.41. The Bertz CT molecular complexity index is 1050. The highest BCUT2D eigenvalue weighted by Gasteiger charge is 2.22. The van der Waals surface area contributed by atoms with E-state index in [9.17, 15) is 4.79 Å². The summed E-state index contributed by atoms with van der Waals surface area (Å²) < 4.78 is 15.0. The standard InChI is InChI=1S/C23H22N2O3/c1-27-23(26)21(24-13-5-6-14-24)16-25-15-12-19-20(25)10-7-11-22(19)28-17-18-8-3-2-4-9-18/h2-15,21H,16-17H2,1H3/t21-/m0/s1. The minimum atomic E-state index is -0.426. The fourth-order valence-corrected chi connectivity index (χ4v) is 3.38. The van der Waals surface area contributed by atoms with Crippen molar-refractivity contribution in [3.8, 4) is 5.75 Å². The molecule has 0 aliphatic rings. The van der Waals surface area contributed by atoms with Crippen LogP contribution in [0.3, 0.4) is 0 Å². The van der Waals surface area contributed by atoms with Gasteiger partial charge in [0, 0.05) is 24.0 Å². The summed E-state index contributed by atoms with van der Waals surface area (Å²) in [4.78, 5) is 12.3. The monoisotopic (exact) mass is 374 g/mol. The van der Waals surface area contributed by atoms with E-state index in [2.05, 4.69) is 4.57 Å². The second-order valence-electron chi connectivity index (χ2n) is 6.60. The number of esters is 1. The number of methoxy groups -OCH3 is 1. The van der Waals surface area contributed by atoms with Gasteiger partial charge in [-0.2, -0.15) is 0 Å². The molecule has 2 heterocycles. The Labute approximate surface area is 163 Å². The number of nitrogens with zero attached hydrogens (tertiary/aromatic N) is 2. The van der Waals surface area contributed by atoms with Crippen LogP contribution in [0.15, 0.2) is 85.3 Å². The van der Waals surface area contributed by atoms with Crippen LogP contribution in [0.25, 0.3) is 10.9 Å². The van der Waals surface area contributed by atoms with Crippen LogP contribution in [0, 0.1) is 0 Å². The Kier molecular flexibility index (Phi) is 5.15. The highest BCUT2D eigenvalue weighted by molar-refractivity contribution is 5.86. The molecule has 0 saturated carbocycles. The van der Waals surface area contributed by atoms with Crippen molar-refractivity contribution in [3.05, 3.63) is 90.9 Å². The van der Waals surface area contributed by atoms with Crippen LogP contribution in [0.1, 0.15) is 11.6 Å². The zero-order valence-electron chi connectivity index (χ0n) is 15.7. The quantitative estimate of drug-likeness (QED) is 0.449. The maximum atomic E-state index is 12.3. The van der Waals surface area contributed by atoms with Crippen LogP contribution >= 0.6 is 0 Å². The summed E-state index contributed by atoms with van der Waals surface area (Å²) in [6.07, 6.45) is 5.74. The predicted molar refractivity (Wildman–Crippen MR) is 108 cm³/mol. The molecule has 0 unspecified atom stereocenters. The molecule has 0 amide bonds. The molecular formula is C23H22N2O3. The Morgan fingerprint density at radius 2 is 1.71 bits per heavy atom. The van der Waals surface area contributed by atoms with Crippen molar-refractivity contribution in [1.82, 2.24) is 9.13 Å². The molecule has 0 radical (unpaired) electrons. The van der Waals surface area contributed by atoms with E-state index in [4.69, 9.17) is 9.47 Å². The number of rotatable bonds is 7. The summed E-state index contributed by atoms with van der Waals surface area (Å²) in [6.45, 7) is 0.992. The topological polar surface area (TPSA) is 45.4 Å². The van der Waals surface area contributed by atoms with Crippen LogP contribution in [0.4, 0.5) is 0 Å². The Morgan fingerprint density at radius 3 is 2.46 bits per heavy atom. The minimum absolute atomic E-state index is 0.269. The number of carbonyl (C=O) groups excluding carboxylic acids is 1. The summed E-state index contributed by atoms with van der Waals surface area (Å²) in [5.41, 5.74) is 2.14. The molecule has 0 aliphatic heterocycles. The molecule has 2 aromatic heterocycles. The van der Waals surface area contributed by atoms with E-state index in [0.717, 1.165) is 22.2 Å². The third-order valence-corrected chi connectivity index (χ3v) is 4.84. The fourth-order valence-electron chi connectivity index (χ4n) is 3.38. The summed E-state index contributed by atoms with van der Waals surface area (Å²) in [5.74, 6) is 0.560. The van der Waals surface area contributed by atoms with Gasteiger partial charge in [0.05, 0.1) is 19.2 Å². The third-order valence-electron chi connectivity index (χ3n) is 4.84. The molecule has 0 fully saturated rings. The zero-order valence-corrected chi connectivity index (χ0v) is 15.7. The van der Waals surface area contributed by atoms with E-state index in [0.29, 0.717) is 13.2 Å². The number of hydrogen-bond acceptors (Lipinski definition) is 3. The summed E-state index contributed by atoms with van der Waals surface area (Å²) in [7, 11) is 1.42. The molecule has 1 atom stereocenters. The first-order chi connectivity index (χ1) is 13.8. The number of benzene rings is 2. The first-order valence-corrected chi connectivity index (χ1v) is 9.21. The van der Waals surface area contributed by atoms with Gasteiger partial charge in [0.15, 0.2) is 0 Å². The molecule has 0 bridgehead atoms. The van der Waals surface area contributed by atoms with Gasteiger partial charge in [-0.25, -0.2) is 4.79 Å². The number of aromatic nitrogens is 2. The zero-order chi connectivity index (χ0) is 19.3. The lowest BCUT2D eigenvalue weighted by atomic mass is 10.2. The molecule has 2 aromatic carbocycles. The number of hydrogen-bond donors (Lipinski definition) is 0. The number of carbonyl (C=O) groups is 1. The molecule has 4 rings (SSSR count). The lowest BCUT2D eigenvalue weighted by molar-refractivity contribution is -0.145. The van der Waals surface area contributed by atoms with Gasteiger partial charge < -0.3 is 18.6 Å². The van der Waals surface area contributed by atoms with Crippen molar-refractivity contribution in [1.29, 1.82) is 0 Å². The summed E-state index contributed by atoms with van der Waals surface area (Å²) in [6, 6.07) is 21.5. The van der Waals surface area contributed by atoms with Crippen molar-refractivity contribution in [2.45, 2.75) is 19.2 Å². The molecule has 4 aromatic rings. The van der Waals surface area contributed by atoms with Gasteiger partial charge in [-0.3, -0.25) is 0 Å². The van der Waals surface area contributed by atoms with Gasteiger partial charge in [0.1, 0.15) is 18.4 Å². The highest BCUT2D eigenvalue weighted by Crippen LogP contribution is 2.28. The van der Waals surface area contributed by atoms with E-state index < -0.39 is 6.04 Å². The SMILES string of the molecule is COC(=O)[C@H](Cn1ccc2c(OCc3ccccc3)cccc21)n1cccc1. The van der Waals surface area contributed by atoms with Crippen molar-refractivity contribution in [2.75, 3.05) is 7.11 Å². The average molecular weight is 374 g/mol. The van der Waals surface area contributed by atoms with Crippen molar-refractivity contribution >= 4 is 16.9 Å². The van der Waals surface area contributed by atoms with E-state index in [1.54, 1.807) is 0 Å². The third kappa shape index (κ3) is 3.64. The van der Waals surface area contributed by atoms with Crippen LogP contribution in [0.5, 0.6) is 5.75 Å². The predicted octanol–water partition coefficient (Wildman–Crippen LogP) is 4.44. The maximum Gasteiger partial charge on any atom is 0.330 e. The second-order valence-corrected chi connectivity index (χ2v) is 6.60. The van der Waals surface area contributed by atoms with Crippen molar-refractivity contribution in [2.24, 2.45) is 0 Å². The summed E-state index contributed by atoms with van der Waals surface area (Å²) >= 11 is 0. The Balaban J connectivity index is 1.59. The molecule has 0 N–H and O–H groups in total. The van der Waals surface area contributed by atoms with E-state index in [1.165, 1.54) is 7.11 Å². The van der Waals surface area contributed by atoms with Gasteiger partial charge in [-0.15, -0.1) is 0 Å². The van der Waals surface area contributed by atoms with Gasteiger partial charge >= 0.3 is 5.97 Å². The maximum absolute atomic E-state index is 12.3. The highest BCUT2D eigenvalue weighted by atomic mass is 16.5. The molecule has 0 spiro atoms. The fraction of sp³-hybridized carbons (Fsp3) is 0.174. The Morgan fingerprint density at radius 1 is 0.929 bits per heavy atom. The molecule has 142 valence electrons. The smallest absolute Gasteiger partial charge is 0.330 e. The van der Waals surface area contributed by atoms with Crippen LogP contribution < -0.4 is 4.74 Å². The summed E-state index contributed by atoms with van der Waals surface area (Å²) in [5, 5.41) is 1.02. The number of fused-ring (bicyclic) bond motifs is 1. The normalized spacial score (nSPS) is 12.0. The van der Waals surface area contributed by atoms with Crippen LogP contribution in [-0.2, 0) is 22.7 Å². The lowest BCUT2D eigenvalue weighted by Gasteiger charge is -2.18. The van der Waals surface area contributed by atoms with Crippen molar-refractivity contribution in [3.63, 3.8) is 0 Å². The first-order valence-electron chi connectivity index (χ1n) is 9.21. The van der Waals surface area contributed by atoms with E-state index in [-0.39, 0.29) is 5.97 Å². The number of ether oxygens (including phenoxy) is 2. The van der Waals surface area contributed by atoms with Crippen LogP contribution in [-0.4, -0.2) is 22.2 Å². The minimum Gasteiger partial charge on any atom is -0.488 e. The van der Waals surface area contributed by atoms with Gasteiger partial charge in [0.25, 0.3) is 0 Å². The Hall–Kier alpha value is -3.47. The van der Waals surface area contributed by atoms with Crippen LogP contribution in [0.2, 0.25) is 0 Å². The van der Waals surface area contributed by atoms with E-state index in [1.807, 2.05) is 89.9 Å². The van der Waals surface area contributed by atoms with Crippen molar-refractivity contribution < 1.29 is 14.3 Å². The molecule has 0 aliphatic carbocycles. The van der Waals surface area contributed by atoms with Gasteiger partial charge in [0.2, 0.25) is 0 Å². The molecule has 5 heteroatoms. The van der Waals surface area contributed by atoms with Gasteiger partial charge in [-0.1, -0.05) is 36.4 Å². The lowest BCUT2D eigenvalue weighted by Crippen LogP contribution is -2.24. The second kappa shape index (κ2) is 8.05. The van der Waals surface area contributed by atoms with Gasteiger partial charge in [-0.05, 0) is 35.9 Å². The largest absolute Gasteiger partial charge is 0.488 e. The van der Waals surface area contributed by atoms with E-state index >= 15 is 0 Å². The molecular weight excluding hydrogens is 352 g/mol.